The number of nitrogens with two attached hydrogens (primary N) is 1. The summed E-state index contributed by atoms with van der Waals surface area (Å²) in [6, 6.07) is 3.56. The van der Waals surface area contributed by atoms with Crippen molar-refractivity contribution >= 4 is 29.2 Å². The molecule has 3 nitrogen and oxygen atoms in total. The number of aromatic nitrogens is 1. The Morgan fingerprint density at radius 2 is 2.06 bits per heavy atom. The maximum atomic E-state index is 6.14. The van der Waals surface area contributed by atoms with Gasteiger partial charge in [-0.1, -0.05) is 25.4 Å². The Morgan fingerprint density at radius 1 is 1.41 bits per heavy atom. The average molecular weight is 272 g/mol. The maximum absolute atomic E-state index is 6.14. The topological polar surface area (TPSA) is 42.2 Å². The van der Waals surface area contributed by atoms with Crippen molar-refractivity contribution in [3.05, 3.63) is 22.8 Å². The smallest absolute Gasteiger partial charge is 0.123 e. The van der Waals surface area contributed by atoms with Gasteiger partial charge in [-0.05, 0) is 12.1 Å². The van der Waals surface area contributed by atoms with Crippen molar-refractivity contribution in [3.8, 4) is 0 Å². The average Bonchev–Trinajstić information content (AvgIpc) is 2.22. The van der Waals surface area contributed by atoms with E-state index in [4.69, 9.17) is 17.3 Å². The first-order valence-electron chi connectivity index (χ1n) is 5.83. The first-order chi connectivity index (χ1) is 8.04. The van der Waals surface area contributed by atoms with E-state index in [9.17, 15) is 0 Å². The van der Waals surface area contributed by atoms with Crippen molar-refractivity contribution in [1.29, 1.82) is 0 Å². The van der Waals surface area contributed by atoms with Gasteiger partial charge in [0.1, 0.15) is 5.82 Å². The standard InChI is InChI=1S/C12H18ClN3S/c1-8-5-16(6-9(2)17-8)7-11-10(13)3-4-12(14)15-11/h3-4,8-9H,5-7H2,1-2H3,(H2,14,15). The van der Waals surface area contributed by atoms with Crippen LogP contribution in [0.5, 0.6) is 0 Å². The fraction of sp³-hybridized carbons (Fsp3) is 0.583. The summed E-state index contributed by atoms with van der Waals surface area (Å²) in [5, 5.41) is 2.04. The summed E-state index contributed by atoms with van der Waals surface area (Å²) < 4.78 is 0. The number of nitrogens with zero attached hydrogens (tertiary/aromatic N) is 2. The molecule has 0 saturated carbocycles. The van der Waals surface area contributed by atoms with E-state index in [1.165, 1.54) is 0 Å². The summed E-state index contributed by atoms with van der Waals surface area (Å²) in [4.78, 5) is 6.72. The van der Waals surface area contributed by atoms with Gasteiger partial charge in [-0.2, -0.15) is 11.8 Å². The zero-order chi connectivity index (χ0) is 12.4. The van der Waals surface area contributed by atoms with Gasteiger partial charge in [0, 0.05) is 30.1 Å². The summed E-state index contributed by atoms with van der Waals surface area (Å²) >= 11 is 8.18. The molecule has 94 valence electrons. The van der Waals surface area contributed by atoms with Gasteiger partial charge in [0.25, 0.3) is 0 Å². The van der Waals surface area contributed by atoms with Gasteiger partial charge in [0.15, 0.2) is 0 Å². The van der Waals surface area contributed by atoms with E-state index in [1.54, 1.807) is 6.07 Å². The molecule has 1 aliphatic rings. The predicted octanol–water partition coefficient (Wildman–Crippen LogP) is 2.64. The first-order valence-corrected chi connectivity index (χ1v) is 7.15. The Balaban J connectivity index is 2.07. The van der Waals surface area contributed by atoms with Crippen LogP contribution in [0.25, 0.3) is 0 Å². The zero-order valence-corrected chi connectivity index (χ0v) is 11.8. The molecule has 1 saturated heterocycles. The van der Waals surface area contributed by atoms with Crippen LogP contribution < -0.4 is 5.73 Å². The van der Waals surface area contributed by atoms with Crippen molar-refractivity contribution in [2.24, 2.45) is 0 Å². The highest BCUT2D eigenvalue weighted by Gasteiger charge is 2.23. The maximum Gasteiger partial charge on any atom is 0.123 e. The van der Waals surface area contributed by atoms with E-state index < -0.39 is 0 Å². The zero-order valence-electron chi connectivity index (χ0n) is 10.2. The SMILES string of the molecule is CC1CN(Cc2nc(N)ccc2Cl)CC(C)S1. The highest BCUT2D eigenvalue weighted by atomic mass is 35.5. The van der Waals surface area contributed by atoms with Gasteiger partial charge in [-0.3, -0.25) is 4.90 Å². The molecule has 1 aromatic rings. The van der Waals surface area contributed by atoms with Gasteiger partial charge in [-0.25, -0.2) is 4.98 Å². The molecule has 2 N–H and O–H groups in total. The van der Waals surface area contributed by atoms with Crippen molar-refractivity contribution < 1.29 is 0 Å². The number of thioether (sulfide) groups is 1. The minimum absolute atomic E-state index is 0.539. The van der Waals surface area contributed by atoms with Crippen molar-refractivity contribution in [2.75, 3.05) is 18.8 Å². The minimum atomic E-state index is 0.539. The largest absolute Gasteiger partial charge is 0.384 e. The monoisotopic (exact) mass is 271 g/mol. The van der Waals surface area contributed by atoms with Crippen LogP contribution in [0.3, 0.4) is 0 Å². The van der Waals surface area contributed by atoms with Crippen LogP contribution in [0.4, 0.5) is 5.82 Å². The highest BCUT2D eigenvalue weighted by Crippen LogP contribution is 2.26. The quantitative estimate of drug-likeness (QED) is 0.898. The van der Waals surface area contributed by atoms with Gasteiger partial charge in [0.05, 0.1) is 10.7 Å². The van der Waals surface area contributed by atoms with Crippen LogP contribution >= 0.6 is 23.4 Å². The molecule has 2 heterocycles. The summed E-state index contributed by atoms with van der Waals surface area (Å²) in [6.45, 7) is 7.49. The molecule has 1 aromatic heterocycles. The molecule has 0 aromatic carbocycles. The lowest BCUT2D eigenvalue weighted by Gasteiger charge is -2.34. The molecule has 0 radical (unpaired) electrons. The number of nitrogen functional groups attached to an aromatic ring is 1. The van der Waals surface area contributed by atoms with Crippen LogP contribution in [-0.4, -0.2) is 33.5 Å². The Hall–Kier alpha value is -0.450. The van der Waals surface area contributed by atoms with Crippen molar-refractivity contribution in [2.45, 2.75) is 30.9 Å². The molecular formula is C12H18ClN3S. The lowest BCUT2D eigenvalue weighted by Crippen LogP contribution is -2.40. The van der Waals surface area contributed by atoms with Crippen LogP contribution in [0, 0.1) is 0 Å². The van der Waals surface area contributed by atoms with Crippen LogP contribution in [0.2, 0.25) is 5.02 Å². The number of halogens is 1. The lowest BCUT2D eigenvalue weighted by atomic mass is 10.2. The molecule has 0 spiro atoms. The molecule has 1 fully saturated rings. The minimum Gasteiger partial charge on any atom is -0.384 e. The number of hydrogen-bond donors (Lipinski definition) is 1. The normalized spacial score (nSPS) is 26.1. The third kappa shape index (κ3) is 3.50. The third-order valence-corrected chi connectivity index (χ3v) is 4.38. The third-order valence-electron chi connectivity index (χ3n) is 2.81. The molecule has 0 amide bonds. The molecule has 2 rings (SSSR count). The number of anilines is 1. The molecule has 1 aliphatic heterocycles. The first kappa shape index (κ1) is 13.0. The summed E-state index contributed by atoms with van der Waals surface area (Å²) in [7, 11) is 0. The molecule has 0 aliphatic carbocycles. The number of pyridine rings is 1. The lowest BCUT2D eigenvalue weighted by molar-refractivity contribution is 0.260. The second-order valence-electron chi connectivity index (χ2n) is 4.62. The number of hydrogen-bond acceptors (Lipinski definition) is 4. The molecule has 5 heteroatoms. The second kappa shape index (κ2) is 5.46. The number of rotatable bonds is 2. The van der Waals surface area contributed by atoms with Gasteiger partial charge in [-0.15, -0.1) is 0 Å². The second-order valence-corrected chi connectivity index (χ2v) is 6.90. The van der Waals surface area contributed by atoms with Crippen molar-refractivity contribution in [1.82, 2.24) is 9.88 Å². The summed E-state index contributed by atoms with van der Waals surface area (Å²) in [6.07, 6.45) is 0. The fourth-order valence-corrected chi connectivity index (χ4v) is 3.79. The van der Waals surface area contributed by atoms with E-state index in [0.717, 1.165) is 25.3 Å². The fourth-order valence-electron chi connectivity index (χ4n) is 2.24. The van der Waals surface area contributed by atoms with Crippen molar-refractivity contribution in [3.63, 3.8) is 0 Å². The van der Waals surface area contributed by atoms with Gasteiger partial charge < -0.3 is 5.73 Å². The van der Waals surface area contributed by atoms with E-state index in [-0.39, 0.29) is 0 Å². The molecule has 17 heavy (non-hydrogen) atoms. The van der Waals surface area contributed by atoms with E-state index in [1.807, 2.05) is 17.8 Å². The Kier molecular flexibility index (Phi) is 4.17. The highest BCUT2D eigenvalue weighted by molar-refractivity contribution is 8.00. The van der Waals surface area contributed by atoms with Crippen LogP contribution in [0.1, 0.15) is 19.5 Å². The van der Waals surface area contributed by atoms with E-state index in [2.05, 4.69) is 23.7 Å². The molecule has 2 atom stereocenters. The summed E-state index contributed by atoms with van der Waals surface area (Å²) in [5.41, 5.74) is 6.58. The summed E-state index contributed by atoms with van der Waals surface area (Å²) in [5.74, 6) is 0.539. The van der Waals surface area contributed by atoms with Crippen LogP contribution in [-0.2, 0) is 6.54 Å². The van der Waals surface area contributed by atoms with Gasteiger partial charge >= 0.3 is 0 Å². The Bertz CT molecular complexity index is 389. The molecule has 0 bridgehead atoms. The molecular weight excluding hydrogens is 254 g/mol. The molecule has 2 unspecified atom stereocenters. The Labute approximate surface area is 112 Å². The van der Waals surface area contributed by atoms with Crippen LogP contribution in [0.15, 0.2) is 12.1 Å². The van der Waals surface area contributed by atoms with E-state index in [0.29, 0.717) is 21.3 Å². The van der Waals surface area contributed by atoms with Gasteiger partial charge in [0.2, 0.25) is 0 Å². The predicted molar refractivity (Wildman–Crippen MR) is 75.5 cm³/mol. The van der Waals surface area contributed by atoms with E-state index >= 15 is 0 Å². The Morgan fingerprint density at radius 3 is 2.71 bits per heavy atom.